The van der Waals surface area contributed by atoms with E-state index in [4.69, 9.17) is 18.9 Å². The molecule has 2 aliphatic rings. The van der Waals surface area contributed by atoms with Gasteiger partial charge in [0.25, 0.3) is 17.1 Å². The smallest absolute Gasteiger partial charge is 0.294 e. The topological polar surface area (TPSA) is 133 Å². The van der Waals surface area contributed by atoms with Crippen LogP contribution in [0.25, 0.3) is 6.08 Å². The summed E-state index contributed by atoms with van der Waals surface area (Å²) in [7, 11) is 0. The van der Waals surface area contributed by atoms with Crippen molar-refractivity contribution in [2.24, 2.45) is 0 Å². The molecule has 5 rings (SSSR count). The van der Waals surface area contributed by atoms with Crippen molar-refractivity contribution in [3.05, 3.63) is 76.7 Å². The third-order valence-corrected chi connectivity index (χ3v) is 7.08. The summed E-state index contributed by atoms with van der Waals surface area (Å²) in [5.74, 6) is 0.336. The van der Waals surface area contributed by atoms with Crippen LogP contribution < -0.4 is 29.6 Å². The van der Waals surface area contributed by atoms with Crippen molar-refractivity contribution in [2.45, 2.75) is 13.8 Å². The highest BCUT2D eigenvalue weighted by Crippen LogP contribution is 2.36. The summed E-state index contributed by atoms with van der Waals surface area (Å²) in [6.07, 6.45) is 1.54. The molecule has 0 aromatic heterocycles. The zero-order chi connectivity index (χ0) is 29.6. The van der Waals surface area contributed by atoms with Crippen molar-refractivity contribution < 1.29 is 38.1 Å². The average molecular weight is 590 g/mol. The second kappa shape index (κ2) is 12.7. The Bertz CT molecular complexity index is 1590. The first-order valence-electron chi connectivity index (χ1n) is 13.0. The van der Waals surface area contributed by atoms with Gasteiger partial charge in [-0.25, -0.2) is 0 Å². The molecule has 3 aromatic carbocycles. The molecule has 0 spiro atoms. The van der Waals surface area contributed by atoms with Crippen LogP contribution in [-0.2, 0) is 14.4 Å². The fourth-order valence-corrected chi connectivity index (χ4v) is 4.99. The van der Waals surface area contributed by atoms with Gasteiger partial charge in [0.15, 0.2) is 29.6 Å². The van der Waals surface area contributed by atoms with Crippen LogP contribution in [-0.4, -0.2) is 54.4 Å². The Morgan fingerprint density at radius 2 is 1.76 bits per heavy atom. The number of aryl methyl sites for hydroxylation is 1. The van der Waals surface area contributed by atoms with Gasteiger partial charge in [-0.05, 0) is 73.1 Å². The number of anilines is 2. The number of hydrogen-bond donors (Lipinski definition) is 2. The van der Waals surface area contributed by atoms with E-state index >= 15 is 0 Å². The monoisotopic (exact) mass is 589 g/mol. The molecule has 0 saturated carbocycles. The number of benzene rings is 3. The second-order valence-corrected chi connectivity index (χ2v) is 10.2. The quantitative estimate of drug-likeness (QED) is 0.320. The molecule has 42 heavy (non-hydrogen) atoms. The number of imide groups is 1. The Morgan fingerprint density at radius 1 is 0.952 bits per heavy atom. The normalized spacial score (nSPS) is 14.7. The van der Waals surface area contributed by atoms with Crippen molar-refractivity contribution in [3.63, 3.8) is 0 Å². The lowest BCUT2D eigenvalue weighted by Crippen LogP contribution is -2.36. The molecule has 4 amide bonds. The fraction of sp³-hybridized carbons (Fsp3) is 0.200. The number of ether oxygens (including phenoxy) is 4. The summed E-state index contributed by atoms with van der Waals surface area (Å²) < 4.78 is 22.0. The van der Waals surface area contributed by atoms with Crippen LogP contribution in [0.5, 0.6) is 23.0 Å². The number of para-hydroxylation sites is 1. The van der Waals surface area contributed by atoms with Crippen LogP contribution in [0.1, 0.15) is 18.1 Å². The van der Waals surface area contributed by atoms with Crippen LogP contribution in [0.4, 0.5) is 16.2 Å². The third kappa shape index (κ3) is 6.66. The Kier molecular flexibility index (Phi) is 8.63. The van der Waals surface area contributed by atoms with Crippen molar-refractivity contribution >= 4 is 52.2 Å². The zero-order valence-corrected chi connectivity index (χ0v) is 23.6. The average Bonchev–Trinajstić information content (AvgIpc) is 3.53. The maximum atomic E-state index is 13.0. The Labute approximate surface area is 245 Å². The molecular weight excluding hydrogens is 562 g/mol. The summed E-state index contributed by atoms with van der Waals surface area (Å²) in [5, 5.41) is 4.91. The number of amides is 4. The molecule has 2 N–H and O–H groups in total. The number of nitrogens with zero attached hydrogens (tertiary/aromatic N) is 1. The number of rotatable bonds is 10. The lowest BCUT2D eigenvalue weighted by molar-refractivity contribution is -0.127. The van der Waals surface area contributed by atoms with Gasteiger partial charge in [-0.3, -0.25) is 24.1 Å². The molecule has 0 radical (unpaired) electrons. The van der Waals surface area contributed by atoms with Gasteiger partial charge >= 0.3 is 0 Å². The van der Waals surface area contributed by atoms with E-state index in [0.29, 0.717) is 46.5 Å². The summed E-state index contributed by atoms with van der Waals surface area (Å²) in [4.78, 5) is 51.6. The predicted molar refractivity (Wildman–Crippen MR) is 157 cm³/mol. The van der Waals surface area contributed by atoms with E-state index in [2.05, 4.69) is 10.6 Å². The van der Waals surface area contributed by atoms with E-state index < -0.39 is 23.6 Å². The van der Waals surface area contributed by atoms with E-state index in [-0.39, 0.29) is 24.2 Å². The van der Waals surface area contributed by atoms with Gasteiger partial charge in [-0.15, -0.1) is 0 Å². The molecule has 0 unspecified atom stereocenters. The molecule has 2 aliphatic heterocycles. The molecule has 11 nitrogen and oxygen atoms in total. The molecular formula is C30H27N3O8S. The Morgan fingerprint density at radius 3 is 2.57 bits per heavy atom. The Hall–Kier alpha value is -4.97. The first-order valence-corrected chi connectivity index (χ1v) is 13.8. The number of fused-ring (bicyclic) bond motifs is 1. The molecule has 3 aromatic rings. The number of nitrogens with one attached hydrogen (secondary N) is 2. The molecule has 2 heterocycles. The van der Waals surface area contributed by atoms with Crippen molar-refractivity contribution in [1.29, 1.82) is 0 Å². The van der Waals surface area contributed by atoms with E-state index in [9.17, 15) is 19.2 Å². The lowest BCUT2D eigenvalue weighted by atomic mass is 10.2. The standard InChI is InChI=1S/C30H27N3O8S/c1-3-38-24-12-19(8-10-22(24)39-16-28(35)32-21-7-5-4-6-18(21)2)13-26-29(36)33(30(37)42-26)15-27(34)31-20-9-11-23-25(14-20)41-17-40-23/h4-14H,3,15-17H2,1-2H3,(H,31,34)(H,32,35)/b26-13-. The van der Waals surface area contributed by atoms with E-state index in [1.165, 1.54) is 6.08 Å². The van der Waals surface area contributed by atoms with Gasteiger partial charge in [0.2, 0.25) is 12.7 Å². The Balaban J connectivity index is 1.21. The van der Waals surface area contributed by atoms with Crippen LogP contribution in [0, 0.1) is 6.92 Å². The molecule has 0 atom stereocenters. The van der Waals surface area contributed by atoms with Crippen LogP contribution in [0.15, 0.2) is 65.6 Å². The first-order chi connectivity index (χ1) is 20.3. The van der Waals surface area contributed by atoms with Gasteiger partial charge in [0.05, 0.1) is 11.5 Å². The molecule has 12 heteroatoms. The van der Waals surface area contributed by atoms with Crippen molar-refractivity contribution in [3.8, 4) is 23.0 Å². The maximum absolute atomic E-state index is 13.0. The highest BCUT2D eigenvalue weighted by atomic mass is 32.2. The molecule has 1 fully saturated rings. The van der Waals surface area contributed by atoms with Crippen molar-refractivity contribution in [1.82, 2.24) is 4.90 Å². The first kappa shape index (κ1) is 28.6. The number of carbonyl (C=O) groups is 4. The van der Waals surface area contributed by atoms with Crippen molar-refractivity contribution in [2.75, 3.05) is 37.2 Å². The summed E-state index contributed by atoms with van der Waals surface area (Å²) in [5.41, 5.74) is 2.65. The number of thioether (sulfide) groups is 1. The van der Waals surface area contributed by atoms with Gasteiger partial charge in [-0.2, -0.15) is 0 Å². The summed E-state index contributed by atoms with van der Waals surface area (Å²) >= 11 is 0.738. The predicted octanol–water partition coefficient (Wildman–Crippen LogP) is 4.81. The summed E-state index contributed by atoms with van der Waals surface area (Å²) in [6.45, 7) is 3.46. The molecule has 1 saturated heterocycles. The second-order valence-electron chi connectivity index (χ2n) is 9.18. The van der Waals surface area contributed by atoms with Gasteiger partial charge in [0, 0.05) is 17.4 Å². The van der Waals surface area contributed by atoms with E-state index in [1.807, 2.05) is 25.1 Å². The third-order valence-electron chi connectivity index (χ3n) is 6.17. The molecule has 216 valence electrons. The highest BCUT2D eigenvalue weighted by molar-refractivity contribution is 8.18. The fourth-order valence-electron chi connectivity index (χ4n) is 4.15. The molecule has 0 bridgehead atoms. The van der Waals surface area contributed by atoms with Crippen LogP contribution >= 0.6 is 11.8 Å². The zero-order valence-electron chi connectivity index (χ0n) is 22.8. The van der Waals surface area contributed by atoms with Crippen LogP contribution in [0.2, 0.25) is 0 Å². The van der Waals surface area contributed by atoms with Crippen LogP contribution in [0.3, 0.4) is 0 Å². The summed E-state index contributed by atoms with van der Waals surface area (Å²) in [6, 6.07) is 17.3. The van der Waals surface area contributed by atoms with E-state index in [1.54, 1.807) is 49.4 Å². The minimum atomic E-state index is -0.586. The minimum absolute atomic E-state index is 0.101. The van der Waals surface area contributed by atoms with E-state index in [0.717, 1.165) is 22.2 Å². The maximum Gasteiger partial charge on any atom is 0.294 e. The lowest BCUT2D eigenvalue weighted by Gasteiger charge is -2.13. The van der Waals surface area contributed by atoms with Gasteiger partial charge in [0.1, 0.15) is 6.54 Å². The highest BCUT2D eigenvalue weighted by Gasteiger charge is 2.36. The van der Waals surface area contributed by atoms with Gasteiger partial charge in [-0.1, -0.05) is 24.3 Å². The SMILES string of the molecule is CCOc1cc(/C=C2\SC(=O)N(CC(=O)Nc3ccc4c(c3)OCO4)C2=O)ccc1OCC(=O)Nc1ccccc1C. The largest absolute Gasteiger partial charge is 0.490 e. The number of carbonyl (C=O) groups excluding carboxylic acids is 4. The van der Waals surface area contributed by atoms with Gasteiger partial charge < -0.3 is 29.6 Å². The minimum Gasteiger partial charge on any atom is -0.490 e. The number of hydrogen-bond acceptors (Lipinski definition) is 9. The molecule has 0 aliphatic carbocycles.